The van der Waals surface area contributed by atoms with E-state index in [4.69, 9.17) is 10.00 Å². The number of ether oxygens (including phenoxy) is 1. The van der Waals surface area contributed by atoms with Gasteiger partial charge in [-0.2, -0.15) is 5.26 Å². The van der Waals surface area contributed by atoms with E-state index in [9.17, 15) is 4.79 Å². The lowest BCUT2D eigenvalue weighted by Crippen LogP contribution is -2.35. The van der Waals surface area contributed by atoms with E-state index in [1.165, 1.54) is 0 Å². The number of carbonyl (C=O) groups excluding carboxylic acids is 1. The molecule has 20 heavy (non-hydrogen) atoms. The summed E-state index contributed by atoms with van der Waals surface area (Å²) in [6, 6.07) is 7.98. The van der Waals surface area contributed by atoms with Crippen LogP contribution in [0.1, 0.15) is 17.5 Å². The topological polar surface area (TPSA) is 65.4 Å². The fraction of sp³-hybridized carbons (Fsp3) is 0.467. The molecule has 0 unspecified atom stereocenters. The molecule has 0 bridgehead atoms. The average molecular weight is 275 g/mol. The Bertz CT molecular complexity index is 494. The van der Waals surface area contributed by atoms with Gasteiger partial charge >= 0.3 is 0 Å². The Labute approximate surface area is 120 Å². The number of methoxy groups -OCH3 is 1. The number of nitrogens with zero attached hydrogens (tertiary/aromatic N) is 2. The molecule has 1 aromatic rings. The number of carbonyl (C=O) groups is 1. The fourth-order valence-corrected chi connectivity index (χ4v) is 1.94. The summed E-state index contributed by atoms with van der Waals surface area (Å²) in [4.78, 5) is 13.6. The van der Waals surface area contributed by atoms with Crippen molar-refractivity contribution in [1.82, 2.24) is 10.2 Å². The van der Waals surface area contributed by atoms with Crippen LogP contribution < -0.4 is 10.1 Å². The smallest absolute Gasteiger partial charge is 0.234 e. The van der Waals surface area contributed by atoms with E-state index in [2.05, 4.69) is 11.4 Å². The first-order valence-corrected chi connectivity index (χ1v) is 6.52. The second kappa shape index (κ2) is 8.18. The molecule has 0 spiro atoms. The Hall–Kier alpha value is -2.06. The molecule has 0 saturated heterocycles. The van der Waals surface area contributed by atoms with Gasteiger partial charge in [0.2, 0.25) is 5.91 Å². The van der Waals surface area contributed by atoms with Gasteiger partial charge in [-0.1, -0.05) is 17.7 Å². The number of nitriles is 1. The van der Waals surface area contributed by atoms with Gasteiger partial charge in [-0.05, 0) is 20.0 Å². The third-order valence-corrected chi connectivity index (χ3v) is 2.85. The Morgan fingerprint density at radius 2 is 2.25 bits per heavy atom. The van der Waals surface area contributed by atoms with Crippen LogP contribution in [0.2, 0.25) is 0 Å². The Kier molecular flexibility index (Phi) is 6.54. The maximum atomic E-state index is 11.6. The predicted molar refractivity (Wildman–Crippen MR) is 77.3 cm³/mol. The maximum absolute atomic E-state index is 11.6. The molecule has 0 atom stereocenters. The van der Waals surface area contributed by atoms with Crippen LogP contribution in [-0.2, 0) is 11.3 Å². The van der Waals surface area contributed by atoms with Crippen LogP contribution in [-0.4, -0.2) is 38.1 Å². The van der Waals surface area contributed by atoms with Crippen molar-refractivity contribution in [1.29, 1.82) is 5.26 Å². The van der Waals surface area contributed by atoms with Gasteiger partial charge in [0.15, 0.2) is 0 Å². The Balaban J connectivity index is 2.53. The fourth-order valence-electron chi connectivity index (χ4n) is 1.94. The SMILES string of the molecule is COc1ccc(C)cc1CN(C)CC(=O)NCCC#N. The molecule has 1 amide bonds. The van der Waals surface area contributed by atoms with Crippen molar-refractivity contribution in [2.45, 2.75) is 19.9 Å². The molecule has 0 radical (unpaired) electrons. The number of amides is 1. The largest absolute Gasteiger partial charge is 0.496 e. The zero-order valence-corrected chi connectivity index (χ0v) is 12.3. The summed E-state index contributed by atoms with van der Waals surface area (Å²) in [6.07, 6.45) is 0.334. The lowest BCUT2D eigenvalue weighted by molar-refractivity contribution is -0.122. The molecule has 0 saturated carbocycles. The molecule has 0 heterocycles. The molecule has 0 aliphatic rings. The van der Waals surface area contributed by atoms with Crippen molar-refractivity contribution in [3.8, 4) is 11.8 Å². The van der Waals surface area contributed by atoms with E-state index in [1.54, 1.807) is 7.11 Å². The molecule has 1 aromatic carbocycles. The van der Waals surface area contributed by atoms with Crippen molar-refractivity contribution in [3.05, 3.63) is 29.3 Å². The standard InChI is InChI=1S/C15H21N3O2/c1-12-5-6-14(20-3)13(9-12)10-18(2)11-15(19)17-8-4-7-16/h5-6,9H,4,8,10-11H2,1-3H3,(H,17,19). The van der Waals surface area contributed by atoms with Gasteiger partial charge in [-0.3, -0.25) is 9.69 Å². The summed E-state index contributed by atoms with van der Waals surface area (Å²) in [5.74, 6) is 0.752. The summed E-state index contributed by atoms with van der Waals surface area (Å²) >= 11 is 0. The minimum absolute atomic E-state index is 0.0747. The van der Waals surface area contributed by atoms with Crippen molar-refractivity contribution in [2.75, 3.05) is 27.2 Å². The number of aryl methyl sites for hydroxylation is 1. The molecule has 108 valence electrons. The minimum Gasteiger partial charge on any atom is -0.496 e. The molecule has 0 aliphatic carbocycles. The van der Waals surface area contributed by atoms with Crippen LogP contribution in [0.4, 0.5) is 0 Å². The molecule has 1 rings (SSSR count). The van der Waals surface area contributed by atoms with Crippen LogP contribution in [0, 0.1) is 18.3 Å². The second-order valence-electron chi connectivity index (χ2n) is 4.75. The lowest BCUT2D eigenvalue weighted by Gasteiger charge is -2.18. The summed E-state index contributed by atoms with van der Waals surface area (Å²) in [5, 5.41) is 11.1. The Morgan fingerprint density at radius 1 is 1.50 bits per heavy atom. The van der Waals surface area contributed by atoms with E-state index in [0.717, 1.165) is 16.9 Å². The zero-order valence-electron chi connectivity index (χ0n) is 12.3. The van der Waals surface area contributed by atoms with Gasteiger partial charge < -0.3 is 10.1 Å². The molecule has 5 heteroatoms. The van der Waals surface area contributed by atoms with E-state index in [1.807, 2.05) is 37.1 Å². The highest BCUT2D eigenvalue weighted by atomic mass is 16.5. The maximum Gasteiger partial charge on any atom is 0.234 e. The lowest BCUT2D eigenvalue weighted by atomic mass is 10.1. The quantitative estimate of drug-likeness (QED) is 0.765. The van der Waals surface area contributed by atoms with Crippen molar-refractivity contribution in [3.63, 3.8) is 0 Å². The first kappa shape index (κ1) is 16.0. The molecule has 1 N–H and O–H groups in total. The van der Waals surface area contributed by atoms with Gasteiger partial charge in [0.25, 0.3) is 0 Å². The third kappa shape index (κ3) is 5.29. The first-order valence-electron chi connectivity index (χ1n) is 6.52. The number of nitrogens with one attached hydrogen (secondary N) is 1. The van der Waals surface area contributed by atoms with E-state index < -0.39 is 0 Å². The third-order valence-electron chi connectivity index (χ3n) is 2.85. The van der Waals surface area contributed by atoms with E-state index in [-0.39, 0.29) is 5.91 Å². The minimum atomic E-state index is -0.0747. The number of hydrogen-bond donors (Lipinski definition) is 1. The second-order valence-corrected chi connectivity index (χ2v) is 4.75. The van der Waals surface area contributed by atoms with Crippen LogP contribution in [0.15, 0.2) is 18.2 Å². The highest BCUT2D eigenvalue weighted by Gasteiger charge is 2.10. The number of rotatable bonds is 7. The van der Waals surface area contributed by atoms with Crippen molar-refractivity contribution >= 4 is 5.91 Å². The highest BCUT2D eigenvalue weighted by Crippen LogP contribution is 2.20. The van der Waals surface area contributed by atoms with Crippen molar-refractivity contribution < 1.29 is 9.53 Å². The van der Waals surface area contributed by atoms with Gasteiger partial charge in [0.05, 0.1) is 26.1 Å². The van der Waals surface area contributed by atoms with Gasteiger partial charge in [0, 0.05) is 18.7 Å². The molecule has 0 fully saturated rings. The first-order chi connectivity index (χ1) is 9.56. The van der Waals surface area contributed by atoms with E-state index >= 15 is 0 Å². The summed E-state index contributed by atoms with van der Waals surface area (Å²) in [6.45, 7) is 3.35. The normalized spacial score (nSPS) is 10.2. The van der Waals surface area contributed by atoms with Gasteiger partial charge in [-0.15, -0.1) is 0 Å². The summed E-state index contributed by atoms with van der Waals surface area (Å²) in [5.41, 5.74) is 2.22. The predicted octanol–water partition coefficient (Wildman–Crippen LogP) is 1.47. The van der Waals surface area contributed by atoms with Gasteiger partial charge in [-0.25, -0.2) is 0 Å². The van der Waals surface area contributed by atoms with Crippen LogP contribution in [0.25, 0.3) is 0 Å². The summed E-state index contributed by atoms with van der Waals surface area (Å²) in [7, 11) is 3.52. The van der Waals surface area contributed by atoms with Crippen LogP contribution in [0.3, 0.4) is 0 Å². The van der Waals surface area contributed by atoms with Crippen LogP contribution in [0.5, 0.6) is 5.75 Å². The van der Waals surface area contributed by atoms with Crippen molar-refractivity contribution in [2.24, 2.45) is 0 Å². The van der Waals surface area contributed by atoms with Crippen LogP contribution >= 0.6 is 0 Å². The molecular formula is C15H21N3O2. The average Bonchev–Trinajstić information content (AvgIpc) is 2.39. The number of benzene rings is 1. The molecule has 5 nitrogen and oxygen atoms in total. The number of likely N-dealkylation sites (N-methyl/N-ethyl adjacent to an activating group) is 1. The highest BCUT2D eigenvalue weighted by molar-refractivity contribution is 5.77. The molecular weight excluding hydrogens is 254 g/mol. The molecule has 0 aromatic heterocycles. The number of hydrogen-bond acceptors (Lipinski definition) is 4. The monoisotopic (exact) mass is 275 g/mol. The van der Waals surface area contributed by atoms with Gasteiger partial charge in [0.1, 0.15) is 5.75 Å². The Morgan fingerprint density at radius 3 is 2.90 bits per heavy atom. The zero-order chi connectivity index (χ0) is 15.0. The summed E-state index contributed by atoms with van der Waals surface area (Å²) < 4.78 is 5.32. The van der Waals surface area contributed by atoms with E-state index in [0.29, 0.717) is 26.1 Å². The molecule has 0 aliphatic heterocycles.